The van der Waals surface area contributed by atoms with E-state index in [1.807, 2.05) is 0 Å². The van der Waals surface area contributed by atoms with Crippen LogP contribution in [0.5, 0.6) is 0 Å². The van der Waals surface area contributed by atoms with Gasteiger partial charge in [-0.25, -0.2) is 0 Å². The van der Waals surface area contributed by atoms with Gasteiger partial charge in [0.2, 0.25) is 0 Å². The van der Waals surface area contributed by atoms with Gasteiger partial charge in [0.15, 0.2) is 5.78 Å². The molecular weight excluding hydrogens is 248 g/mol. The van der Waals surface area contributed by atoms with E-state index in [2.05, 4.69) is 34.6 Å². The molecule has 0 aliphatic heterocycles. The minimum Gasteiger partial charge on any atom is -0.385 e. The molecule has 0 aromatic carbocycles. The van der Waals surface area contributed by atoms with Crippen LogP contribution in [0, 0.1) is 16.2 Å². The molecule has 112 valence electrons. The highest BCUT2D eigenvalue weighted by Crippen LogP contribution is 2.61. The van der Waals surface area contributed by atoms with Gasteiger partial charge in [-0.2, -0.15) is 0 Å². The van der Waals surface area contributed by atoms with Gasteiger partial charge >= 0.3 is 0 Å². The third-order valence-electron chi connectivity index (χ3n) is 5.46. The Morgan fingerprint density at radius 1 is 0.850 bits per heavy atom. The van der Waals surface area contributed by atoms with Crippen LogP contribution in [-0.4, -0.2) is 16.5 Å². The van der Waals surface area contributed by atoms with Gasteiger partial charge in [0, 0.05) is 12.0 Å². The standard InChI is InChI=1S/C18H28O2/c1-15(2)6-12-7-17(5)9-16(3,4)10-18(20,11-17)14(12)13(19)8-15/h20H,6-11H2,1-5H3/t17-,18-/m0/s1. The van der Waals surface area contributed by atoms with E-state index in [9.17, 15) is 9.90 Å². The summed E-state index contributed by atoms with van der Waals surface area (Å²) in [5.41, 5.74) is 1.54. The smallest absolute Gasteiger partial charge is 0.162 e. The van der Waals surface area contributed by atoms with E-state index in [-0.39, 0.29) is 22.0 Å². The zero-order valence-electron chi connectivity index (χ0n) is 13.6. The highest BCUT2D eigenvalue weighted by molar-refractivity contribution is 5.99. The molecule has 0 unspecified atom stereocenters. The lowest BCUT2D eigenvalue weighted by atomic mass is 9.49. The first-order valence-electron chi connectivity index (χ1n) is 7.92. The van der Waals surface area contributed by atoms with E-state index in [1.54, 1.807) is 0 Å². The van der Waals surface area contributed by atoms with Gasteiger partial charge in [-0.15, -0.1) is 0 Å². The van der Waals surface area contributed by atoms with Gasteiger partial charge in [-0.1, -0.05) is 40.2 Å². The summed E-state index contributed by atoms with van der Waals surface area (Å²) in [5.74, 6) is 0.207. The lowest BCUT2D eigenvalue weighted by Crippen LogP contribution is -2.54. The van der Waals surface area contributed by atoms with Crippen molar-refractivity contribution in [3.63, 3.8) is 0 Å². The molecule has 2 heteroatoms. The molecule has 0 amide bonds. The van der Waals surface area contributed by atoms with Crippen molar-refractivity contribution in [2.75, 3.05) is 0 Å². The number of carbonyl (C=O) groups excluding carboxylic acids is 1. The first kappa shape index (κ1) is 14.3. The normalized spacial score (nSPS) is 42.4. The number of aliphatic hydroxyl groups is 1. The highest BCUT2D eigenvalue weighted by atomic mass is 16.3. The van der Waals surface area contributed by atoms with E-state index in [0.717, 1.165) is 37.7 Å². The van der Waals surface area contributed by atoms with Crippen molar-refractivity contribution in [1.29, 1.82) is 0 Å². The fourth-order valence-corrected chi connectivity index (χ4v) is 5.85. The molecule has 0 saturated heterocycles. The fourth-order valence-electron chi connectivity index (χ4n) is 5.85. The number of Topliss-reactive ketones (excluding diaryl/α,β-unsaturated/α-hetero) is 1. The van der Waals surface area contributed by atoms with Crippen molar-refractivity contribution in [1.82, 2.24) is 0 Å². The van der Waals surface area contributed by atoms with E-state index in [1.165, 1.54) is 5.57 Å². The number of rotatable bonds is 0. The molecule has 2 bridgehead atoms. The zero-order valence-corrected chi connectivity index (χ0v) is 13.6. The van der Waals surface area contributed by atoms with E-state index in [0.29, 0.717) is 6.42 Å². The quantitative estimate of drug-likeness (QED) is 0.725. The molecule has 0 aromatic rings. The predicted octanol–water partition coefficient (Wildman–Crippen LogP) is 4.02. The average Bonchev–Trinajstić information content (AvgIpc) is 2.05. The Bertz CT molecular complexity index is 512. The van der Waals surface area contributed by atoms with Crippen molar-refractivity contribution in [3.8, 4) is 0 Å². The molecule has 3 rings (SSSR count). The van der Waals surface area contributed by atoms with Crippen LogP contribution in [0.15, 0.2) is 11.1 Å². The Kier molecular flexibility index (Phi) is 2.69. The van der Waals surface area contributed by atoms with Crippen LogP contribution < -0.4 is 0 Å². The number of hydrogen-bond donors (Lipinski definition) is 1. The molecular formula is C18H28O2. The van der Waals surface area contributed by atoms with Gasteiger partial charge in [0.05, 0.1) is 5.60 Å². The van der Waals surface area contributed by atoms with Crippen molar-refractivity contribution >= 4 is 5.78 Å². The third kappa shape index (κ3) is 2.16. The number of hydrogen-bond acceptors (Lipinski definition) is 2. The van der Waals surface area contributed by atoms with Crippen LogP contribution in [-0.2, 0) is 4.79 Å². The SMILES string of the molecule is CC1(C)CC(=O)C2=C(C1)C[C@@]1(C)CC(C)(C)C[C@]2(O)C1. The second kappa shape index (κ2) is 3.76. The van der Waals surface area contributed by atoms with Gasteiger partial charge in [0.1, 0.15) is 0 Å². The Hall–Kier alpha value is -0.630. The first-order chi connectivity index (χ1) is 8.94. The summed E-state index contributed by atoms with van der Waals surface area (Å²) in [6.07, 6.45) is 5.23. The second-order valence-corrected chi connectivity index (χ2v) is 9.63. The molecule has 0 radical (unpaired) electrons. The Morgan fingerprint density at radius 2 is 1.50 bits per heavy atom. The molecule has 2 nitrogen and oxygen atoms in total. The summed E-state index contributed by atoms with van der Waals surface area (Å²) in [7, 11) is 0. The maximum absolute atomic E-state index is 12.6. The number of carbonyl (C=O) groups is 1. The number of fused-ring (bicyclic) bond motifs is 3. The van der Waals surface area contributed by atoms with E-state index < -0.39 is 5.60 Å². The predicted molar refractivity (Wildman–Crippen MR) is 80.4 cm³/mol. The fraction of sp³-hybridized carbons (Fsp3) is 0.833. The monoisotopic (exact) mass is 276 g/mol. The summed E-state index contributed by atoms with van der Waals surface area (Å²) in [6.45, 7) is 11.1. The second-order valence-electron chi connectivity index (χ2n) is 9.63. The maximum atomic E-state index is 12.6. The zero-order chi connectivity index (χ0) is 15.0. The maximum Gasteiger partial charge on any atom is 0.162 e. The minimum atomic E-state index is -0.863. The van der Waals surface area contributed by atoms with Crippen LogP contribution in [0.2, 0.25) is 0 Å². The molecule has 0 heterocycles. The minimum absolute atomic E-state index is 0.0593. The van der Waals surface area contributed by atoms with Crippen LogP contribution in [0.3, 0.4) is 0 Å². The Labute approximate surface area is 122 Å². The van der Waals surface area contributed by atoms with Gasteiger partial charge in [-0.05, 0) is 48.3 Å². The van der Waals surface area contributed by atoms with E-state index in [4.69, 9.17) is 0 Å². The van der Waals surface area contributed by atoms with Crippen molar-refractivity contribution in [2.45, 2.75) is 78.7 Å². The summed E-state index contributed by atoms with van der Waals surface area (Å²) < 4.78 is 0. The average molecular weight is 276 g/mol. The van der Waals surface area contributed by atoms with Crippen LogP contribution in [0.25, 0.3) is 0 Å². The molecule has 1 N–H and O–H groups in total. The summed E-state index contributed by atoms with van der Waals surface area (Å²) >= 11 is 0. The lowest BCUT2D eigenvalue weighted by molar-refractivity contribution is -0.127. The van der Waals surface area contributed by atoms with Crippen LogP contribution >= 0.6 is 0 Å². The van der Waals surface area contributed by atoms with Gasteiger partial charge in [-0.3, -0.25) is 4.79 Å². The molecule has 3 aliphatic rings. The molecule has 20 heavy (non-hydrogen) atoms. The lowest BCUT2D eigenvalue weighted by Gasteiger charge is -2.57. The molecule has 2 atom stereocenters. The number of allylic oxidation sites excluding steroid dienone is 1. The highest BCUT2D eigenvalue weighted by Gasteiger charge is 2.56. The van der Waals surface area contributed by atoms with Crippen LogP contribution in [0.1, 0.15) is 73.1 Å². The third-order valence-corrected chi connectivity index (χ3v) is 5.46. The van der Waals surface area contributed by atoms with Crippen molar-refractivity contribution < 1.29 is 9.90 Å². The van der Waals surface area contributed by atoms with E-state index >= 15 is 0 Å². The van der Waals surface area contributed by atoms with Gasteiger partial charge in [0.25, 0.3) is 0 Å². The largest absolute Gasteiger partial charge is 0.385 e. The summed E-state index contributed by atoms with van der Waals surface area (Å²) in [4.78, 5) is 12.6. The topological polar surface area (TPSA) is 37.3 Å². The summed E-state index contributed by atoms with van der Waals surface area (Å²) in [6, 6.07) is 0. The molecule has 1 saturated carbocycles. The number of ketones is 1. The molecule has 3 aliphatic carbocycles. The molecule has 1 fully saturated rings. The molecule has 0 aromatic heterocycles. The molecule has 0 spiro atoms. The van der Waals surface area contributed by atoms with Crippen LogP contribution in [0.4, 0.5) is 0 Å². The summed E-state index contributed by atoms with van der Waals surface area (Å²) in [5, 5.41) is 11.3. The van der Waals surface area contributed by atoms with Crippen molar-refractivity contribution in [2.24, 2.45) is 16.2 Å². The van der Waals surface area contributed by atoms with Crippen molar-refractivity contribution in [3.05, 3.63) is 11.1 Å². The Morgan fingerprint density at radius 3 is 2.15 bits per heavy atom. The Balaban J connectivity index is 2.12. The first-order valence-corrected chi connectivity index (χ1v) is 7.92. The van der Waals surface area contributed by atoms with Gasteiger partial charge < -0.3 is 5.11 Å².